The van der Waals surface area contributed by atoms with Crippen molar-refractivity contribution in [3.63, 3.8) is 0 Å². The Morgan fingerprint density at radius 1 is 0.949 bits per heavy atom. The zero-order valence-electron chi connectivity index (χ0n) is 21.9. The van der Waals surface area contributed by atoms with E-state index in [9.17, 15) is 14.4 Å². The third kappa shape index (κ3) is 5.48. The number of rotatable bonds is 7. The van der Waals surface area contributed by atoms with Crippen molar-refractivity contribution in [2.75, 3.05) is 6.61 Å². The molecule has 0 aliphatic heterocycles. The molecule has 0 saturated heterocycles. The molecular formula is C32H31ClN2O4. The molecule has 7 heteroatoms. The molecule has 0 spiro atoms. The predicted molar refractivity (Wildman–Crippen MR) is 154 cm³/mol. The minimum absolute atomic E-state index is 0.0381. The number of ether oxygens (including phenoxy) is 1. The first-order valence-corrected chi connectivity index (χ1v) is 13.8. The van der Waals surface area contributed by atoms with E-state index in [4.69, 9.17) is 16.3 Å². The molecule has 3 aromatic carbocycles. The highest BCUT2D eigenvalue weighted by atomic mass is 35.5. The van der Waals surface area contributed by atoms with Crippen molar-refractivity contribution in [1.29, 1.82) is 0 Å². The van der Waals surface area contributed by atoms with Crippen molar-refractivity contribution in [2.24, 2.45) is 0 Å². The van der Waals surface area contributed by atoms with Gasteiger partial charge in [0, 0.05) is 22.0 Å². The number of aromatic nitrogens is 1. The monoisotopic (exact) mass is 542 g/mol. The molecule has 1 aliphatic carbocycles. The van der Waals surface area contributed by atoms with Crippen LogP contribution >= 0.6 is 11.6 Å². The van der Waals surface area contributed by atoms with E-state index in [-0.39, 0.29) is 24.1 Å². The number of pyridine rings is 1. The Kier molecular flexibility index (Phi) is 8.13. The molecule has 4 aromatic rings. The average Bonchev–Trinajstić information content (AvgIpc) is 2.96. The van der Waals surface area contributed by atoms with Gasteiger partial charge in [0.15, 0.2) is 0 Å². The number of carbonyl (C=O) groups excluding carboxylic acids is 2. The summed E-state index contributed by atoms with van der Waals surface area (Å²) in [5.74, 6) is -1.01. The van der Waals surface area contributed by atoms with Crippen LogP contribution in [0.5, 0.6) is 0 Å². The Balaban J connectivity index is 1.80. The summed E-state index contributed by atoms with van der Waals surface area (Å²) >= 11 is 6.18. The third-order valence-corrected chi connectivity index (χ3v) is 7.55. The molecule has 6 nitrogen and oxygen atoms in total. The molecular weight excluding hydrogens is 512 g/mol. The van der Waals surface area contributed by atoms with Crippen molar-refractivity contribution in [1.82, 2.24) is 9.88 Å². The molecule has 1 amide bonds. The van der Waals surface area contributed by atoms with E-state index in [1.54, 1.807) is 31.2 Å². The van der Waals surface area contributed by atoms with E-state index >= 15 is 0 Å². The summed E-state index contributed by atoms with van der Waals surface area (Å²) < 4.78 is 6.83. The summed E-state index contributed by atoms with van der Waals surface area (Å²) in [4.78, 5) is 41.9. The van der Waals surface area contributed by atoms with Crippen LogP contribution in [0.2, 0.25) is 5.02 Å². The molecule has 1 unspecified atom stereocenters. The molecule has 39 heavy (non-hydrogen) atoms. The van der Waals surface area contributed by atoms with Crippen LogP contribution in [0.3, 0.4) is 0 Å². The van der Waals surface area contributed by atoms with E-state index in [2.05, 4.69) is 5.32 Å². The number of hydrogen-bond donors (Lipinski definition) is 1. The van der Waals surface area contributed by atoms with Gasteiger partial charge in [-0.15, -0.1) is 0 Å². The first-order valence-electron chi connectivity index (χ1n) is 13.4. The molecule has 1 aromatic heterocycles. The maximum Gasteiger partial charge on any atom is 0.344 e. The smallest absolute Gasteiger partial charge is 0.344 e. The number of amides is 1. The number of nitrogens with zero attached hydrogens (tertiary/aromatic N) is 1. The number of halogens is 1. The summed E-state index contributed by atoms with van der Waals surface area (Å²) in [6.45, 7) is 1.82. The fraction of sp³-hybridized carbons (Fsp3) is 0.281. The van der Waals surface area contributed by atoms with Crippen molar-refractivity contribution in [3.05, 3.63) is 105 Å². The van der Waals surface area contributed by atoms with Gasteiger partial charge in [-0.1, -0.05) is 91.5 Å². The van der Waals surface area contributed by atoms with Crippen LogP contribution in [0.15, 0.2) is 83.7 Å². The summed E-state index contributed by atoms with van der Waals surface area (Å²) in [5, 5.41) is 4.39. The van der Waals surface area contributed by atoms with E-state index in [1.165, 1.54) is 4.57 Å². The quantitative estimate of drug-likeness (QED) is 0.269. The Morgan fingerprint density at radius 2 is 1.62 bits per heavy atom. The van der Waals surface area contributed by atoms with Crippen LogP contribution in [0.1, 0.15) is 61.0 Å². The topological polar surface area (TPSA) is 77.4 Å². The SMILES string of the molecule is CCOC(=O)c1c(-c2ccccc2)c2ccccc2n(C(C(=O)NC2CCCCC2)c2ccc(Cl)cc2)c1=O. The molecule has 1 saturated carbocycles. The van der Waals surface area contributed by atoms with Crippen LogP contribution in [-0.4, -0.2) is 29.1 Å². The maximum absolute atomic E-state index is 14.4. The van der Waals surface area contributed by atoms with Crippen LogP contribution in [0.4, 0.5) is 0 Å². The van der Waals surface area contributed by atoms with Gasteiger partial charge in [0.1, 0.15) is 11.6 Å². The molecule has 0 bridgehead atoms. The van der Waals surface area contributed by atoms with Gasteiger partial charge >= 0.3 is 5.97 Å². The number of para-hydroxylation sites is 1. The lowest BCUT2D eigenvalue weighted by molar-refractivity contribution is -0.124. The Bertz CT molecular complexity index is 1540. The molecule has 1 aliphatic rings. The van der Waals surface area contributed by atoms with Crippen LogP contribution in [0, 0.1) is 0 Å². The maximum atomic E-state index is 14.4. The summed E-state index contributed by atoms with van der Waals surface area (Å²) in [7, 11) is 0. The van der Waals surface area contributed by atoms with Crippen molar-refractivity contribution < 1.29 is 14.3 Å². The minimum Gasteiger partial charge on any atom is -0.462 e. The second-order valence-electron chi connectivity index (χ2n) is 9.83. The number of benzene rings is 3. The van der Waals surface area contributed by atoms with E-state index in [0.717, 1.165) is 37.7 Å². The number of esters is 1. The fourth-order valence-electron chi connectivity index (χ4n) is 5.51. The molecule has 200 valence electrons. The van der Waals surface area contributed by atoms with Gasteiger partial charge in [-0.2, -0.15) is 0 Å². The lowest BCUT2D eigenvalue weighted by atomic mass is 9.93. The van der Waals surface area contributed by atoms with Crippen molar-refractivity contribution in [2.45, 2.75) is 51.1 Å². The van der Waals surface area contributed by atoms with Gasteiger partial charge in [-0.25, -0.2) is 4.79 Å². The molecule has 1 N–H and O–H groups in total. The molecule has 0 radical (unpaired) electrons. The van der Waals surface area contributed by atoms with Gasteiger partial charge in [0.2, 0.25) is 5.91 Å². The zero-order valence-corrected chi connectivity index (χ0v) is 22.6. The summed E-state index contributed by atoms with van der Waals surface area (Å²) in [6, 6.07) is 22.6. The lowest BCUT2D eigenvalue weighted by Gasteiger charge is -2.28. The minimum atomic E-state index is -1.01. The highest BCUT2D eigenvalue weighted by molar-refractivity contribution is 6.30. The Labute approximate surface area is 232 Å². The van der Waals surface area contributed by atoms with Gasteiger partial charge in [-0.3, -0.25) is 14.2 Å². The third-order valence-electron chi connectivity index (χ3n) is 7.30. The van der Waals surface area contributed by atoms with Gasteiger partial charge in [0.05, 0.1) is 12.1 Å². The van der Waals surface area contributed by atoms with Gasteiger partial charge in [0.25, 0.3) is 5.56 Å². The van der Waals surface area contributed by atoms with Crippen molar-refractivity contribution >= 4 is 34.4 Å². The number of fused-ring (bicyclic) bond motifs is 1. The first-order chi connectivity index (χ1) is 19.0. The molecule has 1 fully saturated rings. The van der Waals surface area contributed by atoms with E-state index in [0.29, 0.717) is 27.1 Å². The van der Waals surface area contributed by atoms with Crippen LogP contribution in [0.25, 0.3) is 22.0 Å². The van der Waals surface area contributed by atoms with E-state index in [1.807, 2.05) is 54.6 Å². The largest absolute Gasteiger partial charge is 0.462 e. The highest BCUT2D eigenvalue weighted by Crippen LogP contribution is 2.34. The zero-order chi connectivity index (χ0) is 27.4. The molecule has 1 heterocycles. The van der Waals surface area contributed by atoms with E-state index < -0.39 is 17.6 Å². The predicted octanol–water partition coefficient (Wildman–Crippen LogP) is 6.54. The normalized spacial score (nSPS) is 14.6. The fourth-order valence-corrected chi connectivity index (χ4v) is 5.64. The Hall–Kier alpha value is -3.90. The highest BCUT2D eigenvalue weighted by Gasteiger charge is 2.32. The number of nitrogens with one attached hydrogen (secondary N) is 1. The average molecular weight is 543 g/mol. The molecule has 1 atom stereocenters. The van der Waals surface area contributed by atoms with Crippen LogP contribution in [-0.2, 0) is 9.53 Å². The standard InChI is InChI=1S/C32H31ClN2O4/c1-2-39-32(38)28-27(21-11-5-3-6-12-21)25-15-9-10-16-26(25)35(31(28)37)29(22-17-19-23(33)20-18-22)30(36)34-24-13-7-4-8-14-24/h3,5-6,9-12,15-20,24,29H,2,4,7-8,13-14H2,1H3,(H,34,36). The summed E-state index contributed by atoms with van der Waals surface area (Å²) in [5.41, 5.74) is 1.69. The molecule has 5 rings (SSSR count). The lowest BCUT2D eigenvalue weighted by Crippen LogP contribution is -2.44. The number of carbonyl (C=O) groups is 2. The summed E-state index contributed by atoms with van der Waals surface area (Å²) in [6.07, 6.45) is 5.06. The van der Waals surface area contributed by atoms with Crippen molar-refractivity contribution in [3.8, 4) is 11.1 Å². The van der Waals surface area contributed by atoms with Crippen LogP contribution < -0.4 is 10.9 Å². The van der Waals surface area contributed by atoms with Gasteiger partial charge in [-0.05, 0) is 49.1 Å². The second-order valence-corrected chi connectivity index (χ2v) is 10.3. The number of hydrogen-bond acceptors (Lipinski definition) is 4. The second kappa shape index (κ2) is 11.9. The Morgan fingerprint density at radius 3 is 2.31 bits per heavy atom. The van der Waals surface area contributed by atoms with Gasteiger partial charge < -0.3 is 10.1 Å². The first kappa shape index (κ1) is 26.7.